The van der Waals surface area contributed by atoms with Crippen molar-refractivity contribution in [1.29, 1.82) is 0 Å². The number of nitrogens with one attached hydrogen (secondary N) is 3. The maximum Gasteiger partial charge on any atom is 0.337 e. The largest absolute Gasteiger partial charge is 0.478 e. The number of benzene rings is 4. The molecule has 0 aromatic heterocycles. The van der Waals surface area contributed by atoms with E-state index in [-0.39, 0.29) is 22.2 Å². The predicted molar refractivity (Wildman–Crippen MR) is 171 cm³/mol. The van der Waals surface area contributed by atoms with Gasteiger partial charge in [-0.15, -0.1) is 11.8 Å². The van der Waals surface area contributed by atoms with Crippen LogP contribution in [-0.4, -0.2) is 34.0 Å². The average molecular weight is 635 g/mol. The van der Waals surface area contributed by atoms with E-state index in [1.807, 2.05) is 0 Å². The fourth-order valence-corrected chi connectivity index (χ4v) is 5.03. The van der Waals surface area contributed by atoms with Crippen LogP contribution in [0.25, 0.3) is 6.08 Å². The lowest BCUT2D eigenvalue weighted by molar-refractivity contribution is -0.115. The molecule has 0 saturated carbocycles. The van der Waals surface area contributed by atoms with Gasteiger partial charge >= 0.3 is 5.97 Å². The van der Waals surface area contributed by atoms with Crippen molar-refractivity contribution in [2.45, 2.75) is 17.1 Å². The summed E-state index contributed by atoms with van der Waals surface area (Å²) in [4.78, 5) is 50.9. The van der Waals surface area contributed by atoms with E-state index in [1.165, 1.54) is 36.0 Å². The first-order chi connectivity index (χ1) is 20.6. The van der Waals surface area contributed by atoms with Crippen molar-refractivity contribution in [2.75, 3.05) is 10.6 Å². The molecule has 0 aliphatic heterocycles. The minimum absolute atomic E-state index is 0.000970. The minimum Gasteiger partial charge on any atom is -0.478 e. The van der Waals surface area contributed by atoms with Gasteiger partial charge in [0.15, 0.2) is 0 Å². The number of anilines is 2. The van der Waals surface area contributed by atoms with E-state index >= 15 is 0 Å². The van der Waals surface area contributed by atoms with Crippen LogP contribution in [0.2, 0.25) is 10.0 Å². The van der Waals surface area contributed by atoms with E-state index in [4.69, 9.17) is 23.2 Å². The fraction of sp³-hybridized carbons (Fsp3) is 0.0625. The Balaban J connectivity index is 1.43. The third-order valence-electron chi connectivity index (χ3n) is 5.99. The lowest BCUT2D eigenvalue weighted by atomic mass is 10.1. The van der Waals surface area contributed by atoms with Crippen LogP contribution < -0.4 is 16.0 Å². The Bertz CT molecular complexity index is 1700. The summed E-state index contributed by atoms with van der Waals surface area (Å²) in [6.45, 7) is 1.71. The molecule has 11 heteroatoms. The van der Waals surface area contributed by atoms with Gasteiger partial charge in [0.05, 0.1) is 15.8 Å². The van der Waals surface area contributed by atoms with Crippen molar-refractivity contribution in [3.05, 3.63) is 129 Å². The van der Waals surface area contributed by atoms with Gasteiger partial charge in [-0.1, -0.05) is 59.6 Å². The molecule has 0 aliphatic carbocycles. The first-order valence-corrected chi connectivity index (χ1v) is 14.5. The standard InChI is InChI=1S/C32H25Cl2N3O5S/c1-19(29(38)36-23-13-16-27(34)25(18-23)32(41)42)43-24-14-11-22(12-15-24)35-31(40)28(17-21-9-5-6-10-26(21)33)37-30(39)20-7-3-2-4-8-20/h2-19H,1H3,(H,35,40)(H,36,38)(H,37,39)(H,41,42)/b28-17-. The zero-order valence-corrected chi connectivity index (χ0v) is 25.0. The van der Waals surface area contributed by atoms with Gasteiger partial charge in [-0.2, -0.15) is 0 Å². The van der Waals surface area contributed by atoms with E-state index in [0.717, 1.165) is 4.90 Å². The second kappa shape index (κ2) is 14.6. The molecule has 4 aromatic carbocycles. The average Bonchev–Trinajstić information content (AvgIpc) is 3.00. The topological polar surface area (TPSA) is 125 Å². The number of carbonyl (C=O) groups is 4. The minimum atomic E-state index is -1.19. The molecule has 3 amide bonds. The molecule has 4 N–H and O–H groups in total. The van der Waals surface area contributed by atoms with Gasteiger partial charge in [0.2, 0.25) is 5.91 Å². The van der Waals surface area contributed by atoms with Gasteiger partial charge in [0, 0.05) is 26.9 Å². The molecule has 0 aliphatic rings. The molecule has 8 nitrogen and oxygen atoms in total. The van der Waals surface area contributed by atoms with Gasteiger partial charge < -0.3 is 21.1 Å². The molecule has 4 aromatic rings. The Morgan fingerprint density at radius 2 is 1.44 bits per heavy atom. The normalized spacial score (nSPS) is 11.7. The molecule has 1 unspecified atom stereocenters. The molecule has 0 radical (unpaired) electrons. The highest BCUT2D eigenvalue weighted by Crippen LogP contribution is 2.27. The van der Waals surface area contributed by atoms with E-state index in [9.17, 15) is 24.3 Å². The molecule has 218 valence electrons. The van der Waals surface area contributed by atoms with E-state index < -0.39 is 23.0 Å². The summed E-state index contributed by atoms with van der Waals surface area (Å²) in [6.07, 6.45) is 1.50. The predicted octanol–water partition coefficient (Wildman–Crippen LogP) is 7.22. The summed E-state index contributed by atoms with van der Waals surface area (Å²) in [7, 11) is 0. The number of carboxylic acids is 1. The Hall–Kier alpha value is -4.57. The molecule has 1 atom stereocenters. The van der Waals surface area contributed by atoms with E-state index in [0.29, 0.717) is 27.5 Å². The first kappa shape index (κ1) is 31.4. The second-order valence-corrected chi connectivity index (χ2v) is 11.4. The van der Waals surface area contributed by atoms with Crippen LogP contribution in [0.5, 0.6) is 0 Å². The van der Waals surface area contributed by atoms with Gasteiger partial charge in [-0.3, -0.25) is 14.4 Å². The molecule has 0 bridgehead atoms. The molecule has 0 fully saturated rings. The molecule has 0 saturated heterocycles. The molecule has 0 spiro atoms. The summed E-state index contributed by atoms with van der Waals surface area (Å²) >= 11 is 13.5. The maximum absolute atomic E-state index is 13.3. The summed E-state index contributed by atoms with van der Waals surface area (Å²) in [5.74, 6) is -2.53. The van der Waals surface area contributed by atoms with Crippen LogP contribution in [0.15, 0.2) is 108 Å². The van der Waals surface area contributed by atoms with Crippen molar-refractivity contribution in [3.8, 4) is 0 Å². The van der Waals surface area contributed by atoms with Crippen LogP contribution >= 0.6 is 35.0 Å². The van der Waals surface area contributed by atoms with Crippen LogP contribution in [0.4, 0.5) is 11.4 Å². The number of carbonyl (C=O) groups excluding carboxylic acids is 3. The highest BCUT2D eigenvalue weighted by Gasteiger charge is 2.18. The van der Waals surface area contributed by atoms with Gasteiger partial charge in [0.1, 0.15) is 5.70 Å². The Morgan fingerprint density at radius 3 is 2.12 bits per heavy atom. The number of halogens is 2. The number of hydrogen-bond donors (Lipinski definition) is 4. The summed E-state index contributed by atoms with van der Waals surface area (Å²) < 4.78 is 0. The Kier molecular flexibility index (Phi) is 10.6. The lowest BCUT2D eigenvalue weighted by Gasteiger charge is -2.14. The quantitative estimate of drug-likeness (QED) is 0.108. The Labute approximate surface area is 262 Å². The third-order valence-corrected chi connectivity index (χ3v) is 7.78. The van der Waals surface area contributed by atoms with Crippen molar-refractivity contribution >= 4 is 76.1 Å². The molecule has 0 heterocycles. The van der Waals surface area contributed by atoms with Gasteiger partial charge in [-0.05, 0) is 79.2 Å². The highest BCUT2D eigenvalue weighted by atomic mass is 35.5. The smallest absolute Gasteiger partial charge is 0.337 e. The SMILES string of the molecule is CC(Sc1ccc(NC(=O)/C(=C/c2ccccc2Cl)NC(=O)c2ccccc2)cc1)C(=O)Nc1ccc(Cl)c(C(=O)O)c1. The number of carboxylic acid groups (broad SMARTS) is 1. The van der Waals surface area contributed by atoms with E-state index in [2.05, 4.69) is 16.0 Å². The lowest BCUT2D eigenvalue weighted by Crippen LogP contribution is -2.30. The van der Waals surface area contributed by atoms with Gasteiger partial charge in [-0.25, -0.2) is 4.79 Å². The van der Waals surface area contributed by atoms with Crippen molar-refractivity contribution in [1.82, 2.24) is 5.32 Å². The number of hydrogen-bond acceptors (Lipinski definition) is 5. The summed E-state index contributed by atoms with van der Waals surface area (Å²) in [5.41, 5.74) is 1.61. The number of amides is 3. The molecular weight excluding hydrogens is 609 g/mol. The van der Waals surface area contributed by atoms with Crippen molar-refractivity contribution in [3.63, 3.8) is 0 Å². The highest BCUT2D eigenvalue weighted by molar-refractivity contribution is 8.00. The van der Waals surface area contributed by atoms with Crippen LogP contribution in [0.3, 0.4) is 0 Å². The number of rotatable bonds is 10. The van der Waals surface area contributed by atoms with Crippen LogP contribution in [0, 0.1) is 0 Å². The summed E-state index contributed by atoms with van der Waals surface area (Å²) in [6, 6.07) is 26.5. The maximum atomic E-state index is 13.3. The zero-order chi connectivity index (χ0) is 30.9. The van der Waals surface area contributed by atoms with Crippen molar-refractivity contribution in [2.24, 2.45) is 0 Å². The number of thioether (sulfide) groups is 1. The number of aromatic carboxylic acids is 1. The fourth-order valence-electron chi connectivity index (χ4n) is 3.77. The van der Waals surface area contributed by atoms with Crippen LogP contribution in [0.1, 0.15) is 33.2 Å². The monoisotopic (exact) mass is 633 g/mol. The summed E-state index contributed by atoms with van der Waals surface area (Å²) in [5, 5.41) is 17.4. The zero-order valence-electron chi connectivity index (χ0n) is 22.6. The Morgan fingerprint density at radius 1 is 0.791 bits per heavy atom. The van der Waals surface area contributed by atoms with Crippen molar-refractivity contribution < 1.29 is 24.3 Å². The second-order valence-electron chi connectivity index (χ2n) is 9.13. The van der Waals surface area contributed by atoms with E-state index in [1.54, 1.807) is 85.8 Å². The molecule has 43 heavy (non-hydrogen) atoms. The molecular formula is C32H25Cl2N3O5S. The van der Waals surface area contributed by atoms with Gasteiger partial charge in [0.25, 0.3) is 11.8 Å². The van der Waals surface area contributed by atoms with Crippen LogP contribution in [-0.2, 0) is 9.59 Å². The first-order valence-electron chi connectivity index (χ1n) is 12.8. The molecule has 4 rings (SSSR count). The third kappa shape index (κ3) is 8.71.